The predicted molar refractivity (Wildman–Crippen MR) is 120 cm³/mol. The predicted octanol–water partition coefficient (Wildman–Crippen LogP) is 3.12. The van der Waals surface area contributed by atoms with Gasteiger partial charge >= 0.3 is 13.2 Å². The summed E-state index contributed by atoms with van der Waals surface area (Å²) in [4.78, 5) is 27.8. The molecule has 2 aliphatic heterocycles. The van der Waals surface area contributed by atoms with Crippen molar-refractivity contribution < 1.29 is 23.6 Å². The Morgan fingerprint density at radius 2 is 1.68 bits per heavy atom. The maximum Gasteiger partial charge on any atom is 0.494 e. The first-order valence-corrected chi connectivity index (χ1v) is 11.0. The molecule has 0 aliphatic carbocycles. The highest BCUT2D eigenvalue weighted by Crippen LogP contribution is 2.36. The Morgan fingerprint density at radius 3 is 2.23 bits per heavy atom. The molecule has 0 unspecified atom stereocenters. The molecule has 1 N–H and O–H groups in total. The van der Waals surface area contributed by atoms with Crippen molar-refractivity contribution in [2.24, 2.45) is 0 Å². The quantitative estimate of drug-likeness (QED) is 0.743. The van der Waals surface area contributed by atoms with E-state index >= 15 is 0 Å². The number of carbonyl (C=O) groups is 2. The van der Waals surface area contributed by atoms with Crippen molar-refractivity contribution in [1.82, 2.24) is 10.2 Å². The zero-order valence-corrected chi connectivity index (χ0v) is 19.8. The first kappa shape index (κ1) is 23.8. The molecule has 0 bridgehead atoms. The summed E-state index contributed by atoms with van der Waals surface area (Å²) in [5.41, 5.74) is -0.479. The first-order chi connectivity index (χ1) is 14.3. The molecule has 0 radical (unpaired) electrons. The number of rotatable bonds is 3. The number of amides is 2. The van der Waals surface area contributed by atoms with Crippen LogP contribution < -0.4 is 10.8 Å². The molecule has 0 atom stereocenters. The van der Waals surface area contributed by atoms with Crippen LogP contribution in [0, 0.1) is 0 Å². The topological polar surface area (TPSA) is 77.1 Å². The molecule has 0 saturated carbocycles. The van der Waals surface area contributed by atoms with Gasteiger partial charge in [0.25, 0.3) is 5.91 Å². The Bertz CT molecular complexity index is 812. The highest BCUT2D eigenvalue weighted by molar-refractivity contribution is 6.62. The van der Waals surface area contributed by atoms with Crippen molar-refractivity contribution >= 4 is 24.6 Å². The van der Waals surface area contributed by atoms with E-state index in [9.17, 15) is 9.59 Å². The van der Waals surface area contributed by atoms with Crippen LogP contribution in [0.2, 0.25) is 0 Å². The average Bonchev–Trinajstić information content (AvgIpc) is 2.89. The van der Waals surface area contributed by atoms with Gasteiger partial charge in [0.15, 0.2) is 0 Å². The Balaban J connectivity index is 1.88. The minimum Gasteiger partial charge on any atom is -0.443 e. The molecule has 0 aromatic heterocycles. The van der Waals surface area contributed by atoms with Crippen LogP contribution in [0.15, 0.2) is 24.3 Å². The maximum absolute atomic E-state index is 13.5. The fourth-order valence-electron chi connectivity index (χ4n) is 3.71. The van der Waals surface area contributed by atoms with Crippen LogP contribution in [0.3, 0.4) is 0 Å². The maximum atomic E-state index is 13.5. The Labute approximate surface area is 185 Å². The molecule has 0 spiro atoms. The molecule has 170 valence electrons. The van der Waals surface area contributed by atoms with E-state index in [1.165, 1.54) is 4.90 Å². The van der Waals surface area contributed by atoms with Crippen LogP contribution in [0.5, 0.6) is 0 Å². The number of nitrogens with zero attached hydrogens (tertiary/aromatic N) is 1. The Kier molecular flexibility index (Phi) is 6.56. The Hall–Kier alpha value is -1.90. The molecular formula is C23H35BN2O5. The van der Waals surface area contributed by atoms with Gasteiger partial charge in [-0.3, -0.25) is 4.79 Å². The van der Waals surface area contributed by atoms with Crippen molar-refractivity contribution in [3.8, 4) is 0 Å². The molecule has 2 heterocycles. The van der Waals surface area contributed by atoms with Gasteiger partial charge in [-0.05, 0) is 92.0 Å². The largest absolute Gasteiger partial charge is 0.494 e. The van der Waals surface area contributed by atoms with Gasteiger partial charge in [-0.1, -0.05) is 12.1 Å². The number of hydrogen-bond acceptors (Lipinski definition) is 6. The van der Waals surface area contributed by atoms with Crippen LogP contribution in [-0.4, -0.2) is 60.0 Å². The minimum absolute atomic E-state index is 0.205. The molecule has 2 amide bonds. The van der Waals surface area contributed by atoms with Crippen LogP contribution >= 0.6 is 0 Å². The average molecular weight is 430 g/mol. The van der Waals surface area contributed by atoms with E-state index in [2.05, 4.69) is 5.32 Å². The third-order valence-corrected chi connectivity index (χ3v) is 6.14. The molecule has 7 nitrogen and oxygen atoms in total. The van der Waals surface area contributed by atoms with Crippen molar-refractivity contribution in [2.45, 2.75) is 84.2 Å². The summed E-state index contributed by atoms with van der Waals surface area (Å²) in [6.07, 6.45) is 0.787. The first-order valence-electron chi connectivity index (χ1n) is 11.0. The molecule has 3 rings (SSSR count). The lowest BCUT2D eigenvalue weighted by Crippen LogP contribution is -2.51. The van der Waals surface area contributed by atoms with Gasteiger partial charge in [0.1, 0.15) is 5.60 Å². The molecule has 31 heavy (non-hydrogen) atoms. The molecule has 2 fully saturated rings. The lowest BCUT2D eigenvalue weighted by Gasteiger charge is -2.34. The monoisotopic (exact) mass is 430 g/mol. The van der Waals surface area contributed by atoms with E-state index in [4.69, 9.17) is 14.0 Å². The summed E-state index contributed by atoms with van der Waals surface area (Å²) in [5.74, 6) is -0.362. The van der Waals surface area contributed by atoms with Crippen molar-refractivity contribution in [3.63, 3.8) is 0 Å². The van der Waals surface area contributed by atoms with Crippen LogP contribution in [-0.2, 0) is 14.0 Å². The van der Waals surface area contributed by atoms with Crippen LogP contribution in [0.1, 0.15) is 71.7 Å². The van der Waals surface area contributed by atoms with E-state index in [1.54, 1.807) is 39.0 Å². The highest BCUT2D eigenvalue weighted by atomic mass is 16.7. The number of benzene rings is 1. The molecule has 1 aromatic carbocycles. The smallest absolute Gasteiger partial charge is 0.443 e. The number of imide groups is 1. The van der Waals surface area contributed by atoms with Gasteiger partial charge in [0.2, 0.25) is 0 Å². The molecular weight excluding hydrogens is 395 g/mol. The van der Waals surface area contributed by atoms with Gasteiger partial charge in [-0.15, -0.1) is 0 Å². The molecule has 2 aliphatic rings. The van der Waals surface area contributed by atoms with E-state index in [0.717, 1.165) is 18.6 Å². The van der Waals surface area contributed by atoms with Gasteiger partial charge in [0, 0.05) is 11.6 Å². The summed E-state index contributed by atoms with van der Waals surface area (Å²) in [5, 5.41) is 3.27. The molecule has 8 heteroatoms. The lowest BCUT2D eigenvalue weighted by molar-refractivity contribution is 0.00578. The third-order valence-electron chi connectivity index (χ3n) is 6.14. The van der Waals surface area contributed by atoms with Gasteiger partial charge < -0.3 is 19.4 Å². The lowest BCUT2D eigenvalue weighted by atomic mass is 9.78. The highest BCUT2D eigenvalue weighted by Gasteiger charge is 2.51. The van der Waals surface area contributed by atoms with Crippen LogP contribution in [0.25, 0.3) is 0 Å². The summed E-state index contributed by atoms with van der Waals surface area (Å²) < 4.78 is 17.8. The summed E-state index contributed by atoms with van der Waals surface area (Å²) in [7, 11) is -0.577. The fourth-order valence-corrected chi connectivity index (χ4v) is 3.71. The number of carbonyl (C=O) groups excluding carboxylic acids is 2. The van der Waals surface area contributed by atoms with Crippen molar-refractivity contribution in [2.75, 3.05) is 13.1 Å². The number of hydrogen-bond donors (Lipinski definition) is 1. The zero-order chi connectivity index (χ0) is 23.0. The zero-order valence-electron chi connectivity index (χ0n) is 19.8. The fraction of sp³-hybridized carbons (Fsp3) is 0.652. The van der Waals surface area contributed by atoms with E-state index in [-0.39, 0.29) is 11.9 Å². The Morgan fingerprint density at radius 1 is 1.10 bits per heavy atom. The normalized spacial score (nSPS) is 21.1. The number of piperidine rings is 1. The standard InChI is InChI=1S/C23H35BN2O5/c1-21(2,3)29-20(28)26(18-11-13-25-14-12-18)19(27)16-9-8-10-17(15-16)24-30-22(4,5)23(6,7)31-24/h8-10,15,18,25H,11-14H2,1-7H3. The van der Waals surface area contributed by atoms with Crippen molar-refractivity contribution in [3.05, 3.63) is 29.8 Å². The van der Waals surface area contributed by atoms with E-state index in [1.807, 2.05) is 33.8 Å². The van der Waals surface area contributed by atoms with Crippen LogP contribution in [0.4, 0.5) is 4.79 Å². The van der Waals surface area contributed by atoms with E-state index < -0.39 is 30.0 Å². The number of nitrogens with one attached hydrogen (secondary N) is 1. The second kappa shape index (κ2) is 8.56. The SMILES string of the molecule is CC(C)(C)OC(=O)N(C(=O)c1cccc(B2OC(C)(C)C(C)(C)O2)c1)C1CCNCC1. The summed E-state index contributed by atoms with van der Waals surface area (Å²) >= 11 is 0. The molecule has 1 aromatic rings. The van der Waals surface area contributed by atoms with Gasteiger partial charge in [-0.2, -0.15) is 0 Å². The van der Waals surface area contributed by atoms with Gasteiger partial charge in [-0.25, -0.2) is 9.69 Å². The third kappa shape index (κ3) is 5.30. The molecule has 2 saturated heterocycles. The summed E-state index contributed by atoms with van der Waals surface area (Å²) in [6.45, 7) is 14.9. The van der Waals surface area contributed by atoms with E-state index in [0.29, 0.717) is 18.4 Å². The summed E-state index contributed by atoms with van der Waals surface area (Å²) in [6, 6.07) is 6.94. The minimum atomic E-state index is -0.687. The number of ether oxygens (including phenoxy) is 1. The second-order valence-corrected chi connectivity index (χ2v) is 10.4. The van der Waals surface area contributed by atoms with Crippen molar-refractivity contribution in [1.29, 1.82) is 0 Å². The van der Waals surface area contributed by atoms with Gasteiger partial charge in [0.05, 0.1) is 11.2 Å². The second-order valence-electron chi connectivity index (χ2n) is 10.4.